The number of benzene rings is 1. The third kappa shape index (κ3) is 4.73. The summed E-state index contributed by atoms with van der Waals surface area (Å²) in [6, 6.07) is 10.1. The van der Waals surface area contributed by atoms with Crippen molar-refractivity contribution >= 4 is 11.8 Å². The molecule has 1 saturated carbocycles. The number of hydrogen-bond donors (Lipinski definition) is 3. The molecule has 4 N–H and O–H groups in total. The summed E-state index contributed by atoms with van der Waals surface area (Å²) in [5.41, 5.74) is 7.49. The van der Waals surface area contributed by atoms with Gasteiger partial charge in [0.2, 0.25) is 0 Å². The predicted molar refractivity (Wildman–Crippen MR) is 132 cm³/mol. The Morgan fingerprint density at radius 3 is 2.50 bits per heavy atom. The van der Waals surface area contributed by atoms with Gasteiger partial charge in [0.1, 0.15) is 5.82 Å². The zero-order chi connectivity index (χ0) is 23.7. The Labute approximate surface area is 200 Å². The van der Waals surface area contributed by atoms with Crippen LogP contribution < -0.4 is 22.1 Å². The number of nitrogens with two attached hydrogens (primary N) is 1. The summed E-state index contributed by atoms with van der Waals surface area (Å²) in [6.07, 6.45) is 3.80. The molecule has 2 aliphatic heterocycles. The van der Waals surface area contributed by atoms with E-state index in [1.165, 1.54) is 23.2 Å². The monoisotopic (exact) mass is 465 g/mol. The topological polar surface area (TPSA) is 109 Å². The van der Waals surface area contributed by atoms with Gasteiger partial charge in [0.15, 0.2) is 0 Å². The van der Waals surface area contributed by atoms with Crippen LogP contribution in [0.15, 0.2) is 41.3 Å². The second-order valence-corrected chi connectivity index (χ2v) is 9.75. The molecule has 0 spiro atoms. The van der Waals surface area contributed by atoms with E-state index in [1.807, 2.05) is 12.1 Å². The largest absolute Gasteiger partial charge is 0.354 e. The number of urea groups is 1. The van der Waals surface area contributed by atoms with Gasteiger partial charge in [-0.05, 0) is 60.9 Å². The Hall–Kier alpha value is -2.75. The fourth-order valence-electron chi connectivity index (χ4n) is 5.65. The molecule has 0 radical (unpaired) electrons. The van der Waals surface area contributed by atoms with Gasteiger partial charge in [-0.15, -0.1) is 0 Å². The van der Waals surface area contributed by atoms with Crippen molar-refractivity contribution in [1.82, 2.24) is 24.7 Å². The van der Waals surface area contributed by atoms with Crippen molar-refractivity contribution in [1.29, 1.82) is 0 Å². The Kier molecular flexibility index (Phi) is 6.67. The first-order valence-electron chi connectivity index (χ1n) is 12.5. The van der Waals surface area contributed by atoms with E-state index in [2.05, 4.69) is 39.6 Å². The maximum atomic E-state index is 12.6. The van der Waals surface area contributed by atoms with E-state index >= 15 is 0 Å². The van der Waals surface area contributed by atoms with Crippen LogP contribution in [-0.2, 0) is 6.42 Å². The molecule has 5 rings (SSSR count). The maximum Gasteiger partial charge on any atom is 0.354 e. The smallest absolute Gasteiger partial charge is 0.330 e. The number of anilines is 1. The molecule has 3 fully saturated rings. The number of piperazine rings is 1. The van der Waals surface area contributed by atoms with Crippen LogP contribution in [0.2, 0.25) is 0 Å². The minimum atomic E-state index is -0.414. The van der Waals surface area contributed by atoms with Gasteiger partial charge in [-0.2, -0.15) is 4.98 Å². The SMILES string of the molecule is CCC(Cc1ccc(-n2ccc(NC(=O)N3CCNCC3)nc2=O)cc1)N1C[C@@H]2[C@@H](CN)[C@@H]2C1. The lowest BCUT2D eigenvalue weighted by atomic mass is 10.0. The number of amides is 2. The highest BCUT2D eigenvalue weighted by molar-refractivity contribution is 5.88. The molecule has 0 bridgehead atoms. The summed E-state index contributed by atoms with van der Waals surface area (Å²) in [5, 5.41) is 5.94. The molecule has 4 atom stereocenters. The number of nitrogens with one attached hydrogen (secondary N) is 2. The summed E-state index contributed by atoms with van der Waals surface area (Å²) >= 11 is 0. The lowest BCUT2D eigenvalue weighted by Crippen LogP contribution is -2.48. The van der Waals surface area contributed by atoms with E-state index < -0.39 is 5.69 Å². The zero-order valence-corrected chi connectivity index (χ0v) is 19.8. The molecule has 2 amide bonds. The van der Waals surface area contributed by atoms with Crippen molar-refractivity contribution in [2.75, 3.05) is 51.1 Å². The Morgan fingerprint density at radius 1 is 1.18 bits per heavy atom. The van der Waals surface area contributed by atoms with Gasteiger partial charge < -0.3 is 16.0 Å². The van der Waals surface area contributed by atoms with E-state index in [0.717, 1.165) is 55.9 Å². The molecule has 9 nitrogen and oxygen atoms in total. The van der Waals surface area contributed by atoms with Crippen LogP contribution in [0.4, 0.5) is 10.6 Å². The Morgan fingerprint density at radius 2 is 1.88 bits per heavy atom. The molecule has 2 aromatic rings. The lowest BCUT2D eigenvalue weighted by molar-refractivity contribution is 0.201. The highest BCUT2D eigenvalue weighted by atomic mass is 16.2. The molecule has 1 aromatic carbocycles. The average Bonchev–Trinajstić information content (AvgIpc) is 3.34. The number of carbonyl (C=O) groups excluding carboxylic acids is 1. The molecule has 1 aromatic heterocycles. The number of rotatable bonds is 7. The summed E-state index contributed by atoms with van der Waals surface area (Å²) in [5.74, 6) is 2.64. The number of likely N-dealkylation sites (tertiary alicyclic amines) is 1. The molecule has 9 heteroatoms. The van der Waals surface area contributed by atoms with Crippen LogP contribution in [0.5, 0.6) is 0 Å². The van der Waals surface area contributed by atoms with E-state index in [0.29, 0.717) is 19.1 Å². The first-order valence-corrected chi connectivity index (χ1v) is 12.5. The quantitative estimate of drug-likeness (QED) is 0.566. The minimum absolute atomic E-state index is 0.227. The Balaban J connectivity index is 1.20. The summed E-state index contributed by atoms with van der Waals surface area (Å²) < 4.78 is 1.50. The second kappa shape index (κ2) is 9.85. The van der Waals surface area contributed by atoms with Crippen LogP contribution in [0.3, 0.4) is 0 Å². The molecule has 2 saturated heterocycles. The van der Waals surface area contributed by atoms with E-state index in [4.69, 9.17) is 5.73 Å². The number of hydrogen-bond acceptors (Lipinski definition) is 6. The average molecular weight is 466 g/mol. The lowest BCUT2D eigenvalue weighted by Gasteiger charge is -2.29. The first-order chi connectivity index (χ1) is 16.6. The molecule has 182 valence electrons. The highest BCUT2D eigenvalue weighted by Gasteiger charge is 2.55. The van der Waals surface area contributed by atoms with Crippen LogP contribution in [-0.4, -0.2) is 77.2 Å². The highest BCUT2D eigenvalue weighted by Crippen LogP contribution is 2.51. The Bertz CT molecular complexity index is 1050. The molecule has 1 aliphatic carbocycles. The fourth-order valence-corrected chi connectivity index (χ4v) is 5.65. The van der Waals surface area contributed by atoms with E-state index in [9.17, 15) is 9.59 Å². The minimum Gasteiger partial charge on any atom is -0.330 e. The van der Waals surface area contributed by atoms with Crippen LogP contribution in [0.25, 0.3) is 5.69 Å². The van der Waals surface area contributed by atoms with Gasteiger partial charge in [-0.1, -0.05) is 19.1 Å². The molecule has 1 unspecified atom stereocenters. The van der Waals surface area contributed by atoms with Crippen LogP contribution >= 0.6 is 0 Å². The van der Waals surface area contributed by atoms with Gasteiger partial charge in [-0.25, -0.2) is 9.59 Å². The standard InChI is InChI=1S/C25H35N7O2/c1-2-18(31-15-21-20(14-26)22(21)16-31)13-17-3-5-19(6-4-17)32-10-7-23(29-25(32)34)28-24(33)30-11-8-27-9-12-30/h3-7,10,18,20-22,27H,2,8-9,11-16,26H2,1H3,(H,28,29,33,34)/t18?,20-,21-,22+. The molecular weight excluding hydrogens is 430 g/mol. The number of carbonyl (C=O) groups is 1. The summed E-state index contributed by atoms with van der Waals surface area (Å²) in [7, 11) is 0. The van der Waals surface area contributed by atoms with Gasteiger partial charge >= 0.3 is 11.7 Å². The van der Waals surface area contributed by atoms with Gasteiger partial charge in [-0.3, -0.25) is 14.8 Å². The maximum absolute atomic E-state index is 12.6. The number of piperidine rings is 1. The number of nitrogens with zero attached hydrogens (tertiary/aromatic N) is 4. The number of fused-ring (bicyclic) bond motifs is 1. The number of aromatic nitrogens is 2. The predicted octanol–water partition coefficient (Wildman–Crippen LogP) is 1.13. The molecule has 34 heavy (non-hydrogen) atoms. The first kappa shape index (κ1) is 23.0. The van der Waals surface area contributed by atoms with Crippen molar-refractivity contribution in [3.8, 4) is 5.69 Å². The van der Waals surface area contributed by atoms with Crippen molar-refractivity contribution < 1.29 is 4.79 Å². The van der Waals surface area contributed by atoms with Crippen LogP contribution in [0, 0.1) is 17.8 Å². The molecule has 3 aliphatic rings. The van der Waals surface area contributed by atoms with Crippen molar-refractivity contribution in [2.24, 2.45) is 23.5 Å². The van der Waals surface area contributed by atoms with Crippen molar-refractivity contribution in [3.63, 3.8) is 0 Å². The zero-order valence-electron chi connectivity index (χ0n) is 19.8. The van der Waals surface area contributed by atoms with E-state index in [1.54, 1.807) is 17.2 Å². The second-order valence-electron chi connectivity index (χ2n) is 9.75. The van der Waals surface area contributed by atoms with Gasteiger partial charge in [0.25, 0.3) is 0 Å². The van der Waals surface area contributed by atoms with Crippen molar-refractivity contribution in [2.45, 2.75) is 25.8 Å². The van der Waals surface area contributed by atoms with Crippen LogP contribution in [0.1, 0.15) is 18.9 Å². The third-order valence-electron chi connectivity index (χ3n) is 7.79. The third-order valence-corrected chi connectivity index (χ3v) is 7.79. The van der Waals surface area contributed by atoms with Crippen molar-refractivity contribution in [3.05, 3.63) is 52.6 Å². The summed E-state index contributed by atoms with van der Waals surface area (Å²) in [4.78, 5) is 33.4. The van der Waals surface area contributed by atoms with Gasteiger partial charge in [0, 0.05) is 51.5 Å². The van der Waals surface area contributed by atoms with Gasteiger partial charge in [0.05, 0.1) is 5.69 Å². The normalized spacial score (nSPS) is 25.1. The molecule has 3 heterocycles. The summed E-state index contributed by atoms with van der Waals surface area (Å²) in [6.45, 7) is 8.28. The van der Waals surface area contributed by atoms with E-state index in [-0.39, 0.29) is 11.8 Å². The molecular formula is C25H35N7O2. The fraction of sp³-hybridized carbons (Fsp3) is 0.560.